The van der Waals surface area contributed by atoms with E-state index in [4.69, 9.17) is 10.3 Å². The van der Waals surface area contributed by atoms with Gasteiger partial charge in [-0.1, -0.05) is 6.08 Å². The minimum absolute atomic E-state index is 0.230. The van der Waals surface area contributed by atoms with Gasteiger partial charge in [-0.15, -0.1) is 0 Å². The molecule has 8 nitrogen and oxygen atoms in total. The van der Waals surface area contributed by atoms with E-state index in [9.17, 15) is 9.59 Å². The molecule has 8 heteroatoms. The molecule has 0 aliphatic carbocycles. The van der Waals surface area contributed by atoms with Gasteiger partial charge in [-0.25, -0.2) is 4.79 Å². The Morgan fingerprint density at radius 2 is 2.33 bits per heavy atom. The Labute approximate surface area is 101 Å². The van der Waals surface area contributed by atoms with Gasteiger partial charge in [0, 0.05) is 11.8 Å². The minimum atomic E-state index is -0.570. The van der Waals surface area contributed by atoms with E-state index in [-0.39, 0.29) is 12.6 Å². The summed E-state index contributed by atoms with van der Waals surface area (Å²) in [5, 5.41) is 3.51. The zero-order chi connectivity index (χ0) is 13.1. The van der Waals surface area contributed by atoms with Crippen molar-refractivity contribution in [3.8, 4) is 0 Å². The molecular formula is C10H12N5O3+. The molecule has 1 aromatic heterocycles. The molecule has 2 rings (SSSR count). The topological polar surface area (TPSA) is 114 Å². The Morgan fingerprint density at radius 3 is 3.06 bits per heavy atom. The molecule has 0 spiro atoms. The van der Waals surface area contributed by atoms with Crippen molar-refractivity contribution < 1.29 is 4.74 Å². The number of nitrogens with zero attached hydrogens (tertiary/aromatic N) is 3. The van der Waals surface area contributed by atoms with Gasteiger partial charge in [0.25, 0.3) is 5.56 Å². The predicted molar refractivity (Wildman–Crippen MR) is 61.3 cm³/mol. The lowest BCUT2D eigenvalue weighted by Gasteiger charge is -2.14. The lowest BCUT2D eigenvalue weighted by molar-refractivity contribution is 0.0192. The van der Waals surface area contributed by atoms with Crippen molar-refractivity contribution in [2.24, 2.45) is 5.11 Å². The second-order valence-electron chi connectivity index (χ2n) is 3.85. The first-order valence-corrected chi connectivity index (χ1v) is 5.31. The summed E-state index contributed by atoms with van der Waals surface area (Å²) in [5.41, 5.74) is 6.05. The number of aromatic amines is 1. The molecule has 2 atom stereocenters. The fourth-order valence-electron chi connectivity index (χ4n) is 1.65. The second-order valence-corrected chi connectivity index (χ2v) is 3.85. The fourth-order valence-corrected chi connectivity index (χ4v) is 1.65. The number of hydrogen-bond acceptors (Lipinski definition) is 5. The molecule has 0 bridgehead atoms. The Hall–Kier alpha value is -2.31. The van der Waals surface area contributed by atoms with Crippen molar-refractivity contribution >= 4 is 0 Å². The van der Waals surface area contributed by atoms with Crippen LogP contribution >= 0.6 is 0 Å². The first-order chi connectivity index (χ1) is 8.61. The standard InChI is InChI=1S/C10H11N5O3/c1-6-5-15(10(17)13-9(6)16)8-3-2-7(18-8)4-12-14-11/h2-3,5,7-8,11H,4H2,1H3/p+1/t7-,8+/m0/s1. The molecule has 18 heavy (non-hydrogen) atoms. The molecule has 0 saturated heterocycles. The first kappa shape index (κ1) is 12.2. The largest absolute Gasteiger partial charge is 0.345 e. The van der Waals surface area contributed by atoms with E-state index in [2.05, 4.69) is 15.0 Å². The molecule has 2 N–H and O–H groups in total. The Morgan fingerprint density at radius 1 is 1.56 bits per heavy atom. The summed E-state index contributed by atoms with van der Waals surface area (Å²) in [6, 6.07) is 0. The van der Waals surface area contributed by atoms with Crippen LogP contribution in [0.4, 0.5) is 0 Å². The number of H-pyrrole nitrogens is 1. The number of aryl methyl sites for hydroxylation is 1. The molecular weight excluding hydrogens is 238 g/mol. The van der Waals surface area contributed by atoms with Crippen LogP contribution in [-0.4, -0.2) is 22.2 Å². The van der Waals surface area contributed by atoms with Gasteiger partial charge in [0.2, 0.25) is 4.91 Å². The van der Waals surface area contributed by atoms with Crippen LogP contribution in [0.5, 0.6) is 0 Å². The van der Waals surface area contributed by atoms with E-state index >= 15 is 0 Å². The van der Waals surface area contributed by atoms with Crippen LogP contribution in [0.2, 0.25) is 0 Å². The van der Waals surface area contributed by atoms with Crippen LogP contribution < -0.4 is 16.2 Å². The maximum atomic E-state index is 11.6. The molecule has 0 unspecified atom stereocenters. The van der Waals surface area contributed by atoms with E-state index in [1.165, 1.54) is 10.8 Å². The Bertz CT molecular complexity index is 638. The molecule has 0 aromatic carbocycles. The van der Waals surface area contributed by atoms with Gasteiger partial charge in [0.1, 0.15) is 16.7 Å². The highest BCUT2D eigenvalue weighted by atomic mass is 16.5. The average Bonchev–Trinajstić information content (AvgIpc) is 2.79. The normalized spacial score (nSPS) is 21.8. The number of hydrogen-bond donors (Lipinski definition) is 2. The number of nitrogens with one attached hydrogen (secondary N) is 2. The Kier molecular flexibility index (Phi) is 3.31. The van der Waals surface area contributed by atoms with E-state index in [0.29, 0.717) is 5.56 Å². The van der Waals surface area contributed by atoms with Crippen LogP contribution in [0.15, 0.2) is 33.1 Å². The van der Waals surface area contributed by atoms with Crippen LogP contribution in [0, 0.1) is 12.5 Å². The van der Waals surface area contributed by atoms with Crippen molar-refractivity contribution in [2.45, 2.75) is 19.3 Å². The average molecular weight is 250 g/mol. The molecule has 1 aliphatic rings. The van der Waals surface area contributed by atoms with E-state index < -0.39 is 17.5 Å². The SMILES string of the molecule is Cc1cn([C@H]2C=C[C@@H](CN=[N+]=N)O2)c(=O)[nH]c1=O. The first-order valence-electron chi connectivity index (χ1n) is 5.31. The molecule has 0 fully saturated rings. The monoisotopic (exact) mass is 250 g/mol. The Balaban J connectivity index is 2.23. The van der Waals surface area contributed by atoms with E-state index in [0.717, 1.165) is 0 Å². The van der Waals surface area contributed by atoms with Gasteiger partial charge in [0.15, 0.2) is 12.8 Å². The van der Waals surface area contributed by atoms with Gasteiger partial charge in [0.05, 0.1) is 0 Å². The van der Waals surface area contributed by atoms with Gasteiger partial charge in [-0.3, -0.25) is 14.3 Å². The summed E-state index contributed by atoms with van der Waals surface area (Å²) < 4.78 is 6.81. The third-order valence-electron chi connectivity index (χ3n) is 2.56. The van der Waals surface area contributed by atoms with Crippen molar-refractivity contribution in [1.29, 1.82) is 5.53 Å². The van der Waals surface area contributed by atoms with Crippen molar-refractivity contribution in [3.05, 3.63) is 44.8 Å². The smallest absolute Gasteiger partial charge is 0.330 e. The molecule has 94 valence electrons. The lowest BCUT2D eigenvalue weighted by Crippen LogP contribution is -2.33. The molecule has 2 heterocycles. The summed E-state index contributed by atoms with van der Waals surface area (Å²) in [5.74, 6) is 0. The summed E-state index contributed by atoms with van der Waals surface area (Å²) in [6.45, 7) is 1.84. The van der Waals surface area contributed by atoms with Crippen molar-refractivity contribution in [1.82, 2.24) is 14.5 Å². The maximum absolute atomic E-state index is 11.6. The van der Waals surface area contributed by atoms with Crippen LogP contribution in [0.1, 0.15) is 11.8 Å². The van der Waals surface area contributed by atoms with Gasteiger partial charge in [-0.2, -0.15) is 0 Å². The minimum Gasteiger partial charge on any atom is -0.345 e. The molecule has 1 aromatic rings. The van der Waals surface area contributed by atoms with Crippen molar-refractivity contribution in [2.75, 3.05) is 6.54 Å². The van der Waals surface area contributed by atoms with E-state index in [1.54, 1.807) is 19.1 Å². The summed E-state index contributed by atoms with van der Waals surface area (Å²) in [7, 11) is 0. The number of aromatic nitrogens is 2. The van der Waals surface area contributed by atoms with Crippen LogP contribution in [0.25, 0.3) is 0 Å². The third kappa shape index (κ3) is 2.34. The highest BCUT2D eigenvalue weighted by Gasteiger charge is 2.22. The summed E-state index contributed by atoms with van der Waals surface area (Å²) in [4.78, 5) is 28.0. The second kappa shape index (κ2) is 4.91. The lowest BCUT2D eigenvalue weighted by atomic mass is 10.3. The fraction of sp³-hybridized carbons (Fsp3) is 0.400. The molecule has 0 radical (unpaired) electrons. The van der Waals surface area contributed by atoms with E-state index in [1.807, 2.05) is 0 Å². The molecule has 1 aliphatic heterocycles. The summed E-state index contributed by atoms with van der Waals surface area (Å²) >= 11 is 0. The number of ether oxygens (including phenoxy) is 1. The van der Waals surface area contributed by atoms with Crippen LogP contribution in [0.3, 0.4) is 0 Å². The quantitative estimate of drug-likeness (QED) is 0.441. The molecule has 0 amide bonds. The maximum Gasteiger partial charge on any atom is 0.330 e. The third-order valence-corrected chi connectivity index (χ3v) is 2.56. The summed E-state index contributed by atoms with van der Waals surface area (Å²) in [6.07, 6.45) is 4.00. The van der Waals surface area contributed by atoms with Crippen LogP contribution in [-0.2, 0) is 4.74 Å². The highest BCUT2D eigenvalue weighted by molar-refractivity contribution is 5.06. The zero-order valence-electron chi connectivity index (χ0n) is 9.66. The predicted octanol–water partition coefficient (Wildman–Crippen LogP) is -0.151. The zero-order valence-corrected chi connectivity index (χ0v) is 9.66. The van der Waals surface area contributed by atoms with Crippen molar-refractivity contribution in [3.63, 3.8) is 0 Å². The highest BCUT2D eigenvalue weighted by Crippen LogP contribution is 2.19. The number of rotatable bonds is 3. The van der Waals surface area contributed by atoms with Gasteiger partial charge in [-0.05, 0) is 13.0 Å². The van der Waals surface area contributed by atoms with Gasteiger partial charge >= 0.3 is 5.69 Å². The molecule has 0 saturated carbocycles. The van der Waals surface area contributed by atoms with Gasteiger partial charge < -0.3 is 4.74 Å².